The lowest BCUT2D eigenvalue weighted by molar-refractivity contribution is -0.124. The Labute approximate surface area is 126 Å². The van der Waals surface area contributed by atoms with Gasteiger partial charge in [-0.25, -0.2) is 0 Å². The third kappa shape index (κ3) is 4.28. The monoisotopic (exact) mass is 294 g/mol. The van der Waals surface area contributed by atoms with Crippen LogP contribution < -0.4 is 10.6 Å². The minimum atomic E-state index is -0.0179. The van der Waals surface area contributed by atoms with Gasteiger partial charge in [0.2, 0.25) is 5.91 Å². The summed E-state index contributed by atoms with van der Waals surface area (Å²) in [6.45, 7) is 8.39. The molecule has 3 atom stereocenters. The van der Waals surface area contributed by atoms with Gasteiger partial charge in [0.1, 0.15) is 0 Å². The van der Waals surface area contributed by atoms with Gasteiger partial charge in [-0.1, -0.05) is 0 Å². The van der Waals surface area contributed by atoms with Crippen LogP contribution in [0.1, 0.15) is 45.2 Å². The summed E-state index contributed by atoms with van der Waals surface area (Å²) < 4.78 is 7.34. The van der Waals surface area contributed by atoms with Crippen molar-refractivity contribution in [2.24, 2.45) is 0 Å². The molecule has 21 heavy (non-hydrogen) atoms. The quantitative estimate of drug-likeness (QED) is 0.794. The average molecular weight is 294 g/mol. The molecule has 2 heterocycles. The molecule has 1 saturated heterocycles. The fraction of sp³-hybridized carbons (Fsp3) is 0.733. The molecule has 6 heteroatoms. The molecule has 1 aliphatic rings. The van der Waals surface area contributed by atoms with Crippen LogP contribution in [0, 0.1) is 0 Å². The Morgan fingerprint density at radius 2 is 2.38 bits per heavy atom. The van der Waals surface area contributed by atoms with Gasteiger partial charge < -0.3 is 15.4 Å². The van der Waals surface area contributed by atoms with Gasteiger partial charge >= 0.3 is 0 Å². The molecule has 0 radical (unpaired) electrons. The highest BCUT2D eigenvalue weighted by molar-refractivity contribution is 5.77. The molecule has 0 unspecified atom stereocenters. The van der Waals surface area contributed by atoms with E-state index in [1.807, 2.05) is 24.0 Å². The largest absolute Gasteiger partial charge is 0.380 e. The van der Waals surface area contributed by atoms with Gasteiger partial charge in [0.05, 0.1) is 18.8 Å². The lowest BCUT2D eigenvalue weighted by Crippen LogP contribution is -2.51. The molecule has 2 N–H and O–H groups in total. The van der Waals surface area contributed by atoms with Crippen molar-refractivity contribution >= 4 is 5.91 Å². The molecule has 1 fully saturated rings. The van der Waals surface area contributed by atoms with E-state index >= 15 is 0 Å². The maximum atomic E-state index is 11.7. The summed E-state index contributed by atoms with van der Waals surface area (Å²) >= 11 is 0. The van der Waals surface area contributed by atoms with Crippen molar-refractivity contribution in [2.75, 3.05) is 13.2 Å². The van der Waals surface area contributed by atoms with Gasteiger partial charge in [-0.05, 0) is 27.2 Å². The van der Waals surface area contributed by atoms with Crippen LogP contribution in [0.3, 0.4) is 0 Å². The van der Waals surface area contributed by atoms with E-state index in [9.17, 15) is 4.79 Å². The van der Waals surface area contributed by atoms with Gasteiger partial charge in [-0.3, -0.25) is 9.48 Å². The van der Waals surface area contributed by atoms with Gasteiger partial charge in [0.15, 0.2) is 0 Å². The second kappa shape index (κ2) is 7.56. The fourth-order valence-electron chi connectivity index (χ4n) is 2.72. The Morgan fingerprint density at radius 3 is 3.05 bits per heavy atom. The number of hydrogen-bond acceptors (Lipinski definition) is 4. The predicted octanol–water partition coefficient (Wildman–Crippen LogP) is 1.24. The number of piperidine rings is 1. The van der Waals surface area contributed by atoms with Crippen LogP contribution in [0.25, 0.3) is 0 Å². The lowest BCUT2D eigenvalue weighted by atomic mass is 9.93. The van der Waals surface area contributed by atoms with E-state index in [0.29, 0.717) is 13.0 Å². The number of nitrogens with zero attached hydrogens (tertiary/aromatic N) is 2. The number of ether oxygens (including phenoxy) is 1. The Bertz CT molecular complexity index is 460. The maximum Gasteiger partial charge on any atom is 0.220 e. The van der Waals surface area contributed by atoms with Crippen molar-refractivity contribution in [3.05, 3.63) is 18.0 Å². The molecule has 1 amide bonds. The Kier molecular flexibility index (Phi) is 5.76. The third-order valence-electron chi connectivity index (χ3n) is 3.81. The van der Waals surface area contributed by atoms with Crippen molar-refractivity contribution in [1.82, 2.24) is 20.4 Å². The summed E-state index contributed by atoms with van der Waals surface area (Å²) in [5.41, 5.74) is 1.06. The topological polar surface area (TPSA) is 68.2 Å². The minimum absolute atomic E-state index is 0.0179. The van der Waals surface area contributed by atoms with Crippen molar-refractivity contribution < 1.29 is 9.53 Å². The highest BCUT2D eigenvalue weighted by atomic mass is 16.5. The van der Waals surface area contributed by atoms with Crippen LogP contribution in [-0.2, 0) is 16.1 Å². The second-order valence-electron chi connectivity index (χ2n) is 5.55. The van der Waals surface area contributed by atoms with Crippen LogP contribution in [0.4, 0.5) is 0 Å². The van der Waals surface area contributed by atoms with E-state index in [1.54, 1.807) is 0 Å². The van der Waals surface area contributed by atoms with Gasteiger partial charge in [0.25, 0.3) is 0 Å². The number of aryl methyl sites for hydroxylation is 1. The predicted molar refractivity (Wildman–Crippen MR) is 80.9 cm³/mol. The van der Waals surface area contributed by atoms with Crippen LogP contribution in [0.15, 0.2) is 12.4 Å². The number of carbonyl (C=O) groups excluding carboxylic acids is 1. The smallest absolute Gasteiger partial charge is 0.220 e. The van der Waals surface area contributed by atoms with Crippen LogP contribution in [0.2, 0.25) is 0 Å². The molecule has 0 spiro atoms. The number of carbonyl (C=O) groups is 1. The first-order valence-corrected chi connectivity index (χ1v) is 7.79. The summed E-state index contributed by atoms with van der Waals surface area (Å²) in [4.78, 5) is 11.7. The van der Waals surface area contributed by atoms with Crippen LogP contribution >= 0.6 is 0 Å². The van der Waals surface area contributed by atoms with E-state index < -0.39 is 0 Å². The Morgan fingerprint density at radius 1 is 1.57 bits per heavy atom. The standard InChI is InChI=1S/C15H26N4O2/c1-4-19-9-12(8-16-19)15-13(6-7-14(20)18-15)17-11(3)10-21-5-2/h8-9,11,13,15,17H,4-7,10H2,1-3H3,(H,18,20)/t11-,13-,15+/m1/s1. The van der Waals surface area contributed by atoms with E-state index in [1.165, 1.54) is 0 Å². The molecule has 1 aromatic rings. The molecule has 0 bridgehead atoms. The Balaban J connectivity index is 2.04. The van der Waals surface area contributed by atoms with E-state index in [2.05, 4.69) is 29.6 Å². The number of amides is 1. The third-order valence-corrected chi connectivity index (χ3v) is 3.81. The van der Waals surface area contributed by atoms with Crippen LogP contribution in [-0.4, -0.2) is 41.0 Å². The minimum Gasteiger partial charge on any atom is -0.380 e. The average Bonchev–Trinajstić information content (AvgIpc) is 2.95. The summed E-state index contributed by atoms with van der Waals surface area (Å²) in [6.07, 6.45) is 5.27. The van der Waals surface area contributed by atoms with Crippen LogP contribution in [0.5, 0.6) is 0 Å². The van der Waals surface area contributed by atoms with E-state index in [0.717, 1.165) is 25.1 Å². The number of hydrogen-bond donors (Lipinski definition) is 2. The van der Waals surface area contributed by atoms with Crippen molar-refractivity contribution in [2.45, 2.75) is 58.3 Å². The highest BCUT2D eigenvalue weighted by Crippen LogP contribution is 2.24. The zero-order valence-electron chi connectivity index (χ0n) is 13.1. The molecule has 118 valence electrons. The van der Waals surface area contributed by atoms with Crippen molar-refractivity contribution in [3.8, 4) is 0 Å². The van der Waals surface area contributed by atoms with Gasteiger partial charge in [0, 0.05) is 43.4 Å². The zero-order valence-corrected chi connectivity index (χ0v) is 13.1. The van der Waals surface area contributed by atoms with Crippen molar-refractivity contribution in [1.29, 1.82) is 0 Å². The molecule has 2 rings (SSSR count). The first-order chi connectivity index (χ1) is 10.1. The molecular formula is C15H26N4O2. The summed E-state index contributed by atoms with van der Waals surface area (Å²) in [7, 11) is 0. The summed E-state index contributed by atoms with van der Waals surface area (Å²) in [5.74, 6) is 0.111. The number of rotatable bonds is 7. The molecule has 1 aromatic heterocycles. The number of aromatic nitrogens is 2. The van der Waals surface area contributed by atoms with E-state index in [4.69, 9.17) is 4.74 Å². The molecule has 6 nitrogen and oxygen atoms in total. The highest BCUT2D eigenvalue weighted by Gasteiger charge is 2.31. The lowest BCUT2D eigenvalue weighted by Gasteiger charge is -2.34. The zero-order chi connectivity index (χ0) is 15.2. The Hall–Kier alpha value is -1.40. The van der Waals surface area contributed by atoms with Gasteiger partial charge in [-0.15, -0.1) is 0 Å². The molecule has 1 aliphatic heterocycles. The first kappa shape index (κ1) is 16.0. The molecule has 0 saturated carbocycles. The summed E-state index contributed by atoms with van der Waals surface area (Å²) in [6, 6.07) is 0.456. The second-order valence-corrected chi connectivity index (χ2v) is 5.55. The number of nitrogens with one attached hydrogen (secondary N) is 2. The first-order valence-electron chi connectivity index (χ1n) is 7.79. The van der Waals surface area contributed by atoms with Gasteiger partial charge in [-0.2, -0.15) is 5.10 Å². The SMILES string of the molecule is CCOC[C@@H](C)N[C@@H]1CCC(=O)N[C@H]1c1cnn(CC)c1. The summed E-state index contributed by atoms with van der Waals surface area (Å²) in [5, 5.41) is 11.0. The normalized spacial score (nSPS) is 23.9. The maximum absolute atomic E-state index is 11.7. The molecule has 0 aromatic carbocycles. The molecule has 0 aliphatic carbocycles. The van der Waals surface area contributed by atoms with Crippen molar-refractivity contribution in [3.63, 3.8) is 0 Å². The fourth-order valence-corrected chi connectivity index (χ4v) is 2.72. The molecular weight excluding hydrogens is 268 g/mol. The van der Waals surface area contributed by atoms with E-state index in [-0.39, 0.29) is 24.0 Å².